The van der Waals surface area contributed by atoms with Gasteiger partial charge in [0, 0.05) is 43.5 Å². The zero-order valence-electron chi connectivity index (χ0n) is 15.4. The van der Waals surface area contributed by atoms with Crippen molar-refractivity contribution in [3.8, 4) is 0 Å². The maximum absolute atomic E-state index is 13.4. The molecule has 2 fully saturated rings. The Labute approximate surface area is 168 Å². The number of nitrogens with zero attached hydrogens (tertiary/aromatic N) is 2. The summed E-state index contributed by atoms with van der Waals surface area (Å²) in [4.78, 5) is 26.7. The van der Waals surface area contributed by atoms with E-state index in [2.05, 4.69) is 0 Å². The topological polar surface area (TPSA) is 95.0 Å². The second-order valence-electron chi connectivity index (χ2n) is 7.37. The van der Waals surface area contributed by atoms with Crippen molar-refractivity contribution in [2.45, 2.75) is 37.3 Å². The number of carbonyl (C=O) groups is 2. The molecule has 154 valence electrons. The smallest absolute Gasteiger partial charge is 0.262 e. The first-order chi connectivity index (χ1) is 13.0. The van der Waals surface area contributed by atoms with E-state index in [1.807, 2.05) is 0 Å². The number of carbonyl (C=O) groups excluding carboxylic acids is 2. The number of ketones is 1. The summed E-state index contributed by atoms with van der Waals surface area (Å²) in [5.74, 6) is -1.83. The molecule has 0 radical (unpaired) electrons. The van der Waals surface area contributed by atoms with Crippen molar-refractivity contribution in [3.05, 3.63) is 34.6 Å². The molecule has 0 aliphatic carbocycles. The zero-order chi connectivity index (χ0) is 20.7. The highest BCUT2D eigenvalue weighted by molar-refractivity contribution is 7.88. The summed E-state index contributed by atoms with van der Waals surface area (Å²) >= 11 is 5.80. The summed E-state index contributed by atoms with van der Waals surface area (Å²) in [7, 11) is -3.35. The summed E-state index contributed by atoms with van der Waals surface area (Å²) < 4.78 is 38.0. The van der Waals surface area contributed by atoms with Gasteiger partial charge in [0.05, 0.1) is 6.26 Å². The fraction of sp³-hybridized carbons (Fsp3) is 0.556. The lowest BCUT2D eigenvalue weighted by molar-refractivity contribution is -0.154. The third kappa shape index (κ3) is 4.22. The fourth-order valence-electron chi connectivity index (χ4n) is 3.82. The van der Waals surface area contributed by atoms with Gasteiger partial charge in [-0.15, -0.1) is 0 Å². The first-order valence-corrected chi connectivity index (χ1v) is 11.2. The van der Waals surface area contributed by atoms with Crippen LogP contribution < -0.4 is 0 Å². The Bertz CT molecular complexity index is 889. The van der Waals surface area contributed by atoms with Crippen molar-refractivity contribution in [2.75, 3.05) is 25.9 Å². The van der Waals surface area contributed by atoms with Crippen molar-refractivity contribution in [1.29, 1.82) is 0 Å². The third-order valence-electron chi connectivity index (χ3n) is 5.39. The van der Waals surface area contributed by atoms with Gasteiger partial charge in [-0.2, -0.15) is 0 Å². The van der Waals surface area contributed by atoms with E-state index in [1.54, 1.807) is 0 Å². The first kappa shape index (κ1) is 21.2. The molecular formula is C18H22ClFN2O5S. The van der Waals surface area contributed by atoms with Gasteiger partial charge < -0.3 is 10.0 Å². The molecule has 2 aliphatic heterocycles. The normalized spacial score (nSPS) is 26.2. The predicted molar refractivity (Wildman–Crippen MR) is 101 cm³/mol. The Morgan fingerprint density at radius 1 is 1.36 bits per heavy atom. The van der Waals surface area contributed by atoms with Gasteiger partial charge in [-0.25, -0.2) is 17.1 Å². The van der Waals surface area contributed by atoms with E-state index in [9.17, 15) is 27.5 Å². The van der Waals surface area contributed by atoms with Gasteiger partial charge in [0.2, 0.25) is 15.6 Å². The van der Waals surface area contributed by atoms with E-state index in [1.165, 1.54) is 21.3 Å². The van der Waals surface area contributed by atoms with Gasteiger partial charge in [0.1, 0.15) is 5.82 Å². The summed E-state index contributed by atoms with van der Waals surface area (Å²) in [5, 5.41) is 10.9. The van der Waals surface area contributed by atoms with E-state index in [0.29, 0.717) is 18.5 Å². The summed E-state index contributed by atoms with van der Waals surface area (Å²) in [6, 6.07) is 3.58. The molecule has 0 saturated carbocycles. The Kier molecular flexibility index (Phi) is 5.82. The average molecular weight is 433 g/mol. The SMILES string of the molecule is CS(=O)(=O)N1CC[C@@H](N2CCC(O)(C(=O)CCc3cc(F)cc(Cl)c3)C2=O)C1. The van der Waals surface area contributed by atoms with Crippen LogP contribution in [-0.2, 0) is 26.0 Å². The van der Waals surface area contributed by atoms with Crippen LogP contribution in [0.1, 0.15) is 24.8 Å². The second-order valence-corrected chi connectivity index (χ2v) is 9.79. The molecule has 2 heterocycles. The van der Waals surface area contributed by atoms with E-state index < -0.39 is 33.1 Å². The standard InChI is InChI=1S/C18H22ClFN2O5S/c1-28(26,27)21-6-4-15(11-21)22-7-5-18(25,17(22)24)16(23)3-2-12-8-13(19)10-14(20)9-12/h8-10,15,25H,2-7,11H2,1H3/t15-,18?/m1/s1. The van der Waals surface area contributed by atoms with Crippen molar-refractivity contribution in [3.63, 3.8) is 0 Å². The van der Waals surface area contributed by atoms with E-state index in [4.69, 9.17) is 11.6 Å². The largest absolute Gasteiger partial charge is 0.373 e. The summed E-state index contributed by atoms with van der Waals surface area (Å²) in [6.45, 7) is 0.658. The maximum atomic E-state index is 13.4. The Morgan fingerprint density at radius 2 is 2.07 bits per heavy atom. The monoisotopic (exact) mass is 432 g/mol. The molecular weight excluding hydrogens is 411 g/mol. The number of likely N-dealkylation sites (tertiary alicyclic amines) is 1. The van der Waals surface area contributed by atoms with Crippen molar-refractivity contribution >= 4 is 33.3 Å². The number of rotatable bonds is 6. The number of benzene rings is 1. The van der Waals surface area contributed by atoms with Crippen LogP contribution in [0.25, 0.3) is 0 Å². The highest BCUT2D eigenvalue weighted by Crippen LogP contribution is 2.31. The molecule has 7 nitrogen and oxygen atoms in total. The maximum Gasteiger partial charge on any atom is 0.262 e. The van der Waals surface area contributed by atoms with Crippen LogP contribution in [0.15, 0.2) is 18.2 Å². The molecule has 1 aromatic carbocycles. The van der Waals surface area contributed by atoms with Gasteiger partial charge in [0.25, 0.3) is 5.91 Å². The lowest BCUT2D eigenvalue weighted by atomic mass is 9.92. The minimum atomic E-state index is -3.35. The van der Waals surface area contributed by atoms with Crippen LogP contribution in [0, 0.1) is 5.82 Å². The highest BCUT2D eigenvalue weighted by Gasteiger charge is 2.52. The van der Waals surface area contributed by atoms with Crippen LogP contribution in [0.3, 0.4) is 0 Å². The molecule has 10 heteroatoms. The average Bonchev–Trinajstić information content (AvgIpc) is 3.18. The van der Waals surface area contributed by atoms with Crippen LogP contribution in [0.5, 0.6) is 0 Å². The summed E-state index contributed by atoms with van der Waals surface area (Å²) in [6.07, 6.45) is 1.56. The number of aliphatic hydroxyl groups is 1. The van der Waals surface area contributed by atoms with Crippen LogP contribution in [0.2, 0.25) is 5.02 Å². The van der Waals surface area contributed by atoms with Crippen LogP contribution in [-0.4, -0.2) is 72.0 Å². The van der Waals surface area contributed by atoms with E-state index in [0.717, 1.165) is 12.3 Å². The minimum Gasteiger partial charge on any atom is -0.373 e. The number of Topliss-reactive ketones (excluding diaryl/α,β-unsaturated/α-hetero) is 1. The van der Waals surface area contributed by atoms with Crippen molar-refractivity contribution in [1.82, 2.24) is 9.21 Å². The highest BCUT2D eigenvalue weighted by atomic mass is 35.5. The number of amides is 1. The van der Waals surface area contributed by atoms with Crippen molar-refractivity contribution < 1.29 is 27.5 Å². The predicted octanol–water partition coefficient (Wildman–Crippen LogP) is 0.978. The number of halogens is 2. The Hall–Kier alpha value is -1.55. The first-order valence-electron chi connectivity index (χ1n) is 8.97. The molecule has 1 amide bonds. The third-order valence-corrected chi connectivity index (χ3v) is 6.88. The molecule has 3 rings (SSSR count). The molecule has 1 aromatic rings. The number of hydrogen-bond donors (Lipinski definition) is 1. The Morgan fingerprint density at radius 3 is 2.68 bits per heavy atom. The van der Waals surface area contributed by atoms with Gasteiger partial charge >= 0.3 is 0 Å². The molecule has 28 heavy (non-hydrogen) atoms. The van der Waals surface area contributed by atoms with Crippen molar-refractivity contribution in [2.24, 2.45) is 0 Å². The fourth-order valence-corrected chi connectivity index (χ4v) is 4.95. The minimum absolute atomic E-state index is 0.0377. The second kappa shape index (κ2) is 7.70. The number of sulfonamides is 1. The summed E-state index contributed by atoms with van der Waals surface area (Å²) in [5.41, 5.74) is -1.61. The Balaban J connectivity index is 1.64. The molecule has 0 bridgehead atoms. The molecule has 0 aromatic heterocycles. The van der Waals surface area contributed by atoms with Gasteiger partial charge in [0.15, 0.2) is 5.78 Å². The number of aryl methyl sites for hydroxylation is 1. The van der Waals surface area contributed by atoms with Crippen LogP contribution >= 0.6 is 11.6 Å². The molecule has 2 aliphatic rings. The number of hydrogen-bond acceptors (Lipinski definition) is 5. The lowest BCUT2D eigenvalue weighted by Gasteiger charge is -2.26. The van der Waals surface area contributed by atoms with Gasteiger partial charge in [-0.3, -0.25) is 9.59 Å². The lowest BCUT2D eigenvalue weighted by Crippen LogP contribution is -2.49. The van der Waals surface area contributed by atoms with Gasteiger partial charge in [-0.1, -0.05) is 11.6 Å². The molecule has 0 spiro atoms. The quantitative estimate of drug-likeness (QED) is 0.676. The van der Waals surface area contributed by atoms with Crippen LogP contribution in [0.4, 0.5) is 4.39 Å². The molecule has 2 saturated heterocycles. The molecule has 1 unspecified atom stereocenters. The zero-order valence-corrected chi connectivity index (χ0v) is 17.0. The van der Waals surface area contributed by atoms with E-state index >= 15 is 0 Å². The van der Waals surface area contributed by atoms with E-state index in [-0.39, 0.29) is 43.4 Å². The molecule has 1 N–H and O–H groups in total. The van der Waals surface area contributed by atoms with Gasteiger partial charge in [-0.05, 0) is 36.6 Å². The molecule has 2 atom stereocenters.